The molecule has 0 aromatic heterocycles. The SMILES string of the molecule is CC1=CCC(C)([C@@H]2CN(C3CCC(=O)NC3=O)C(=O)O2)C=C1. The number of allylic oxidation sites excluding steroid dienone is 3. The quantitative estimate of drug-likeness (QED) is 0.785. The molecule has 0 radical (unpaired) electrons. The normalized spacial score (nSPS) is 35.3. The number of ether oxygens (including phenoxy) is 1. The molecule has 3 rings (SSSR count). The predicted molar refractivity (Wildman–Crippen MR) is 78.8 cm³/mol. The highest BCUT2D eigenvalue weighted by atomic mass is 16.6. The first-order valence-electron chi connectivity index (χ1n) is 7.56. The number of carbonyl (C=O) groups is 3. The van der Waals surface area contributed by atoms with Crippen LogP contribution in [0.5, 0.6) is 0 Å². The van der Waals surface area contributed by atoms with Crippen LogP contribution in [0.1, 0.15) is 33.1 Å². The number of carbonyl (C=O) groups excluding carboxylic acids is 3. The topological polar surface area (TPSA) is 75.7 Å². The number of rotatable bonds is 2. The van der Waals surface area contributed by atoms with E-state index in [4.69, 9.17) is 4.74 Å². The zero-order chi connectivity index (χ0) is 15.9. The Balaban J connectivity index is 1.72. The monoisotopic (exact) mass is 304 g/mol. The van der Waals surface area contributed by atoms with Crippen LogP contribution in [0.4, 0.5) is 4.79 Å². The molecule has 3 aliphatic rings. The summed E-state index contributed by atoms with van der Waals surface area (Å²) in [6, 6.07) is -0.608. The van der Waals surface area contributed by atoms with Crippen LogP contribution in [0.3, 0.4) is 0 Å². The summed E-state index contributed by atoms with van der Waals surface area (Å²) in [5.74, 6) is -0.693. The van der Waals surface area contributed by atoms with E-state index < -0.39 is 18.0 Å². The van der Waals surface area contributed by atoms with Gasteiger partial charge in [0.15, 0.2) is 0 Å². The van der Waals surface area contributed by atoms with Crippen molar-refractivity contribution in [1.82, 2.24) is 10.2 Å². The summed E-state index contributed by atoms with van der Waals surface area (Å²) in [5, 5.41) is 2.29. The van der Waals surface area contributed by atoms with E-state index in [1.54, 1.807) is 0 Å². The molecule has 3 amide bonds. The minimum atomic E-state index is -0.608. The summed E-state index contributed by atoms with van der Waals surface area (Å²) in [6.07, 6.45) is 6.90. The molecule has 2 aliphatic heterocycles. The zero-order valence-corrected chi connectivity index (χ0v) is 12.8. The highest BCUT2D eigenvalue weighted by molar-refractivity contribution is 6.01. The van der Waals surface area contributed by atoms with Crippen LogP contribution in [0.15, 0.2) is 23.8 Å². The van der Waals surface area contributed by atoms with Gasteiger partial charge in [0.2, 0.25) is 11.8 Å². The first-order valence-corrected chi connectivity index (χ1v) is 7.56. The van der Waals surface area contributed by atoms with Gasteiger partial charge in [-0.3, -0.25) is 19.8 Å². The van der Waals surface area contributed by atoms with E-state index in [9.17, 15) is 14.4 Å². The van der Waals surface area contributed by atoms with E-state index in [0.29, 0.717) is 13.0 Å². The van der Waals surface area contributed by atoms with Crippen LogP contribution in [-0.4, -0.2) is 41.5 Å². The van der Waals surface area contributed by atoms with Gasteiger partial charge in [0.05, 0.1) is 6.54 Å². The van der Waals surface area contributed by atoms with E-state index in [0.717, 1.165) is 6.42 Å². The minimum absolute atomic E-state index is 0.254. The van der Waals surface area contributed by atoms with Crippen molar-refractivity contribution in [1.29, 1.82) is 0 Å². The summed E-state index contributed by atoms with van der Waals surface area (Å²) in [4.78, 5) is 36.8. The summed E-state index contributed by atoms with van der Waals surface area (Å²) in [6.45, 7) is 4.46. The van der Waals surface area contributed by atoms with E-state index >= 15 is 0 Å². The molecule has 2 heterocycles. The molecule has 3 atom stereocenters. The molecular formula is C16H20N2O4. The number of hydrogen-bond acceptors (Lipinski definition) is 4. The Morgan fingerprint density at radius 3 is 2.77 bits per heavy atom. The van der Waals surface area contributed by atoms with Crippen molar-refractivity contribution in [2.45, 2.75) is 45.3 Å². The third kappa shape index (κ3) is 2.53. The van der Waals surface area contributed by atoms with Gasteiger partial charge in [0.25, 0.3) is 0 Å². The van der Waals surface area contributed by atoms with E-state index in [2.05, 4.69) is 24.4 Å². The highest BCUT2D eigenvalue weighted by Gasteiger charge is 2.47. The molecule has 6 heteroatoms. The van der Waals surface area contributed by atoms with Crippen LogP contribution >= 0.6 is 0 Å². The van der Waals surface area contributed by atoms with Crippen molar-refractivity contribution in [2.24, 2.45) is 5.41 Å². The molecule has 0 saturated carbocycles. The Kier molecular flexibility index (Phi) is 3.54. The molecule has 2 fully saturated rings. The van der Waals surface area contributed by atoms with Crippen molar-refractivity contribution < 1.29 is 19.1 Å². The first kappa shape index (κ1) is 14.8. The van der Waals surface area contributed by atoms with Gasteiger partial charge in [-0.25, -0.2) is 4.79 Å². The zero-order valence-electron chi connectivity index (χ0n) is 12.8. The van der Waals surface area contributed by atoms with Crippen molar-refractivity contribution in [2.75, 3.05) is 6.54 Å². The van der Waals surface area contributed by atoms with Gasteiger partial charge in [-0.2, -0.15) is 0 Å². The van der Waals surface area contributed by atoms with Gasteiger partial charge in [-0.1, -0.05) is 30.7 Å². The maximum atomic E-state index is 12.2. The van der Waals surface area contributed by atoms with Crippen LogP contribution in [0.25, 0.3) is 0 Å². The number of imide groups is 1. The van der Waals surface area contributed by atoms with Crippen LogP contribution in [0.2, 0.25) is 0 Å². The van der Waals surface area contributed by atoms with Gasteiger partial charge in [-0.15, -0.1) is 0 Å². The van der Waals surface area contributed by atoms with Crippen LogP contribution < -0.4 is 5.32 Å². The molecule has 1 N–H and O–H groups in total. The molecule has 22 heavy (non-hydrogen) atoms. The maximum Gasteiger partial charge on any atom is 0.410 e. The molecule has 6 nitrogen and oxygen atoms in total. The second-order valence-electron chi connectivity index (χ2n) is 6.48. The largest absolute Gasteiger partial charge is 0.443 e. The third-order valence-electron chi connectivity index (χ3n) is 4.75. The van der Waals surface area contributed by atoms with E-state index in [1.165, 1.54) is 10.5 Å². The summed E-state index contributed by atoms with van der Waals surface area (Å²) in [7, 11) is 0. The highest BCUT2D eigenvalue weighted by Crippen LogP contribution is 2.38. The van der Waals surface area contributed by atoms with Crippen molar-refractivity contribution in [3.8, 4) is 0 Å². The Hall–Kier alpha value is -2.11. The minimum Gasteiger partial charge on any atom is -0.443 e. The molecule has 0 bridgehead atoms. The fourth-order valence-corrected chi connectivity index (χ4v) is 3.13. The van der Waals surface area contributed by atoms with Gasteiger partial charge in [0.1, 0.15) is 12.1 Å². The fourth-order valence-electron chi connectivity index (χ4n) is 3.13. The molecule has 2 unspecified atom stereocenters. The molecule has 0 aromatic rings. The number of hydrogen-bond donors (Lipinski definition) is 1. The second kappa shape index (κ2) is 5.26. The summed E-state index contributed by atoms with van der Waals surface area (Å²) < 4.78 is 5.52. The lowest BCUT2D eigenvalue weighted by molar-refractivity contribution is -0.136. The summed E-state index contributed by atoms with van der Waals surface area (Å²) >= 11 is 0. The van der Waals surface area contributed by atoms with E-state index in [1.807, 2.05) is 13.0 Å². The smallest absolute Gasteiger partial charge is 0.410 e. The average Bonchev–Trinajstić information content (AvgIpc) is 2.85. The van der Waals surface area contributed by atoms with Crippen LogP contribution in [-0.2, 0) is 14.3 Å². The maximum absolute atomic E-state index is 12.2. The van der Waals surface area contributed by atoms with Crippen molar-refractivity contribution in [3.63, 3.8) is 0 Å². The molecule has 1 aliphatic carbocycles. The molecular weight excluding hydrogens is 284 g/mol. The lowest BCUT2D eigenvalue weighted by Gasteiger charge is -2.32. The Morgan fingerprint density at radius 2 is 2.14 bits per heavy atom. The average molecular weight is 304 g/mol. The molecule has 118 valence electrons. The van der Waals surface area contributed by atoms with Gasteiger partial charge in [-0.05, 0) is 19.8 Å². The lowest BCUT2D eigenvalue weighted by Crippen LogP contribution is -2.53. The second-order valence-corrected chi connectivity index (χ2v) is 6.48. The number of nitrogens with one attached hydrogen (secondary N) is 1. The number of piperidine rings is 1. The molecule has 0 aromatic carbocycles. The molecule has 2 saturated heterocycles. The number of amides is 3. The number of cyclic esters (lactones) is 1. The fraction of sp³-hybridized carbons (Fsp3) is 0.562. The summed E-state index contributed by atoms with van der Waals surface area (Å²) in [5.41, 5.74) is 0.939. The predicted octanol–water partition coefficient (Wildman–Crippen LogP) is 1.52. The Bertz CT molecular complexity index is 595. The van der Waals surface area contributed by atoms with Gasteiger partial charge < -0.3 is 4.74 Å². The van der Waals surface area contributed by atoms with Crippen molar-refractivity contribution >= 4 is 17.9 Å². The lowest BCUT2D eigenvalue weighted by atomic mass is 9.77. The standard InChI is InChI=1S/C16H20N2O4/c1-10-5-7-16(2,8-6-10)12-9-18(15(21)22-12)11-3-4-13(19)17-14(11)20/h5-7,11-12H,3-4,8-9H2,1-2H3,(H,17,19,20)/t11?,12-,16?/m0/s1. The Labute approximate surface area is 129 Å². The Morgan fingerprint density at radius 1 is 1.36 bits per heavy atom. The van der Waals surface area contributed by atoms with E-state index in [-0.39, 0.29) is 23.8 Å². The van der Waals surface area contributed by atoms with Crippen molar-refractivity contribution in [3.05, 3.63) is 23.8 Å². The number of nitrogens with zero attached hydrogens (tertiary/aromatic N) is 1. The first-order chi connectivity index (χ1) is 10.4. The van der Waals surface area contributed by atoms with Gasteiger partial charge >= 0.3 is 6.09 Å². The van der Waals surface area contributed by atoms with Crippen LogP contribution in [0, 0.1) is 5.41 Å². The third-order valence-corrected chi connectivity index (χ3v) is 4.75. The van der Waals surface area contributed by atoms with Gasteiger partial charge in [0, 0.05) is 11.8 Å². The molecule has 0 spiro atoms.